The summed E-state index contributed by atoms with van der Waals surface area (Å²) in [7, 11) is 0. The normalized spacial score (nSPS) is 13.0. The van der Waals surface area contributed by atoms with Crippen LogP contribution >= 0.6 is 0 Å². The Kier molecular flexibility index (Phi) is 8.15. The molecule has 0 aromatic heterocycles. The van der Waals surface area contributed by atoms with Gasteiger partial charge in [0.05, 0.1) is 24.3 Å². The molecule has 1 unspecified atom stereocenters. The number of hydrogen-bond donors (Lipinski definition) is 2. The van der Waals surface area contributed by atoms with E-state index >= 15 is 0 Å². The van der Waals surface area contributed by atoms with E-state index in [0.29, 0.717) is 6.07 Å². The molecule has 0 saturated heterocycles. The van der Waals surface area contributed by atoms with Gasteiger partial charge in [0.15, 0.2) is 0 Å². The average Bonchev–Trinajstić information content (AvgIpc) is 2.56. The van der Waals surface area contributed by atoms with E-state index in [4.69, 9.17) is 9.47 Å². The topological polar surface area (TPSA) is 76.7 Å². The predicted molar refractivity (Wildman–Crippen MR) is 90.2 cm³/mol. The van der Waals surface area contributed by atoms with Crippen LogP contribution in [0.15, 0.2) is 18.2 Å². The SMILES string of the molecule is CC(C)COC(=O)NCC(C)OC(=O)Nc1ccc(C(F)(F)F)c(C(F)(F)F)c1. The van der Waals surface area contributed by atoms with Crippen molar-refractivity contribution in [3.63, 3.8) is 0 Å². The Morgan fingerprint density at radius 2 is 1.55 bits per heavy atom. The number of carbonyl (C=O) groups excluding carboxylic acids is 2. The fraction of sp³-hybridized carbons (Fsp3) is 0.529. The monoisotopic (exact) mass is 430 g/mol. The lowest BCUT2D eigenvalue weighted by molar-refractivity contribution is -0.162. The second-order valence-electron chi connectivity index (χ2n) is 6.47. The lowest BCUT2D eigenvalue weighted by Crippen LogP contribution is -2.35. The van der Waals surface area contributed by atoms with Gasteiger partial charge in [-0.05, 0) is 31.0 Å². The van der Waals surface area contributed by atoms with Gasteiger partial charge in [-0.3, -0.25) is 5.32 Å². The van der Waals surface area contributed by atoms with Crippen LogP contribution in [0.5, 0.6) is 0 Å². The fourth-order valence-electron chi connectivity index (χ4n) is 2.00. The second kappa shape index (κ2) is 9.70. The van der Waals surface area contributed by atoms with Gasteiger partial charge in [0.1, 0.15) is 6.10 Å². The summed E-state index contributed by atoms with van der Waals surface area (Å²) in [5, 5.41) is 4.24. The van der Waals surface area contributed by atoms with Gasteiger partial charge < -0.3 is 14.8 Å². The van der Waals surface area contributed by atoms with Crippen LogP contribution in [-0.2, 0) is 21.8 Å². The Morgan fingerprint density at radius 1 is 0.966 bits per heavy atom. The van der Waals surface area contributed by atoms with Gasteiger partial charge in [-0.25, -0.2) is 9.59 Å². The van der Waals surface area contributed by atoms with Crippen LogP contribution < -0.4 is 10.6 Å². The number of rotatable bonds is 6. The Bertz CT molecular complexity index is 719. The molecule has 0 fully saturated rings. The molecule has 2 N–H and O–H groups in total. The third kappa shape index (κ3) is 8.48. The standard InChI is InChI=1S/C17H20F6N2O4/c1-9(2)8-28-14(26)24-7-10(3)29-15(27)25-11-4-5-12(16(18,19)20)13(6-11)17(21,22)23/h4-6,9-10H,7-8H2,1-3H3,(H,24,26)(H,25,27). The molecule has 0 saturated carbocycles. The highest BCUT2D eigenvalue weighted by Crippen LogP contribution is 2.41. The Morgan fingerprint density at radius 3 is 2.07 bits per heavy atom. The zero-order valence-corrected chi connectivity index (χ0v) is 15.7. The van der Waals surface area contributed by atoms with Crippen molar-refractivity contribution in [1.29, 1.82) is 0 Å². The van der Waals surface area contributed by atoms with Crippen molar-refractivity contribution in [3.8, 4) is 0 Å². The van der Waals surface area contributed by atoms with E-state index in [1.54, 1.807) is 0 Å². The molecule has 1 rings (SSSR count). The van der Waals surface area contributed by atoms with Gasteiger partial charge in [-0.2, -0.15) is 26.3 Å². The number of anilines is 1. The number of amides is 2. The molecule has 0 heterocycles. The van der Waals surface area contributed by atoms with Crippen molar-refractivity contribution >= 4 is 17.9 Å². The van der Waals surface area contributed by atoms with Crippen LogP contribution in [0.25, 0.3) is 0 Å². The molecule has 0 spiro atoms. The summed E-state index contributed by atoms with van der Waals surface area (Å²) < 4.78 is 86.6. The summed E-state index contributed by atoms with van der Waals surface area (Å²) >= 11 is 0. The average molecular weight is 430 g/mol. The minimum Gasteiger partial charge on any atom is -0.449 e. The molecule has 1 aromatic rings. The van der Waals surface area contributed by atoms with Crippen molar-refractivity contribution in [3.05, 3.63) is 29.3 Å². The maximum atomic E-state index is 12.9. The quantitative estimate of drug-likeness (QED) is 0.620. The van der Waals surface area contributed by atoms with Crippen LogP contribution in [0.3, 0.4) is 0 Å². The van der Waals surface area contributed by atoms with E-state index in [0.717, 1.165) is 0 Å². The van der Waals surface area contributed by atoms with E-state index in [9.17, 15) is 35.9 Å². The van der Waals surface area contributed by atoms with Gasteiger partial charge in [-0.15, -0.1) is 0 Å². The predicted octanol–water partition coefficient (Wildman–Crippen LogP) is 5.04. The molecule has 0 aliphatic heterocycles. The first kappa shape index (κ1) is 24.4. The Balaban J connectivity index is 2.69. The summed E-state index contributed by atoms with van der Waals surface area (Å²) in [6.07, 6.45) is -13.3. The third-order valence-corrected chi connectivity index (χ3v) is 3.27. The third-order valence-electron chi connectivity index (χ3n) is 3.27. The molecule has 12 heteroatoms. The van der Waals surface area contributed by atoms with E-state index in [1.165, 1.54) is 6.92 Å². The molecule has 0 aliphatic carbocycles. The molecule has 1 aromatic carbocycles. The lowest BCUT2D eigenvalue weighted by atomic mass is 10.1. The molecule has 6 nitrogen and oxygen atoms in total. The maximum Gasteiger partial charge on any atom is 0.417 e. The number of nitrogens with one attached hydrogen (secondary N) is 2. The number of benzene rings is 1. The number of halogens is 6. The first-order valence-corrected chi connectivity index (χ1v) is 8.36. The van der Waals surface area contributed by atoms with Crippen molar-refractivity contribution < 1.29 is 45.4 Å². The minimum absolute atomic E-state index is 0.116. The van der Waals surface area contributed by atoms with Crippen molar-refractivity contribution in [2.75, 3.05) is 18.5 Å². The first-order valence-electron chi connectivity index (χ1n) is 8.36. The van der Waals surface area contributed by atoms with Crippen LogP contribution in [-0.4, -0.2) is 31.4 Å². The van der Waals surface area contributed by atoms with Crippen LogP contribution in [0.4, 0.5) is 41.6 Å². The van der Waals surface area contributed by atoms with Gasteiger partial charge in [0.25, 0.3) is 0 Å². The van der Waals surface area contributed by atoms with E-state index in [1.807, 2.05) is 19.2 Å². The summed E-state index contributed by atoms with van der Waals surface area (Å²) in [6, 6.07) is 1.05. The summed E-state index contributed by atoms with van der Waals surface area (Å²) in [6.45, 7) is 5.07. The summed E-state index contributed by atoms with van der Waals surface area (Å²) in [5.74, 6) is 0.116. The molecule has 29 heavy (non-hydrogen) atoms. The fourth-order valence-corrected chi connectivity index (χ4v) is 2.00. The highest BCUT2D eigenvalue weighted by Gasteiger charge is 2.43. The zero-order valence-electron chi connectivity index (χ0n) is 15.7. The summed E-state index contributed by atoms with van der Waals surface area (Å²) in [5.41, 5.74) is -4.35. The van der Waals surface area contributed by atoms with Crippen molar-refractivity contribution in [2.45, 2.75) is 39.2 Å². The number of carbonyl (C=O) groups is 2. The second-order valence-corrected chi connectivity index (χ2v) is 6.47. The smallest absolute Gasteiger partial charge is 0.417 e. The lowest BCUT2D eigenvalue weighted by Gasteiger charge is -2.18. The number of ether oxygens (including phenoxy) is 2. The summed E-state index contributed by atoms with van der Waals surface area (Å²) in [4.78, 5) is 23.1. The Labute approximate surface area is 162 Å². The number of alkyl carbamates (subject to hydrolysis) is 1. The molecular formula is C17H20F6N2O4. The first-order chi connectivity index (χ1) is 13.2. The van der Waals surface area contributed by atoms with Gasteiger partial charge >= 0.3 is 24.5 Å². The van der Waals surface area contributed by atoms with Crippen LogP contribution in [0.1, 0.15) is 31.9 Å². The number of alkyl halides is 6. The maximum absolute atomic E-state index is 12.9. The molecule has 0 radical (unpaired) electrons. The number of hydrogen-bond acceptors (Lipinski definition) is 4. The largest absolute Gasteiger partial charge is 0.449 e. The van der Waals surface area contributed by atoms with Crippen molar-refractivity contribution in [1.82, 2.24) is 5.32 Å². The van der Waals surface area contributed by atoms with Gasteiger partial charge in [-0.1, -0.05) is 13.8 Å². The van der Waals surface area contributed by atoms with Gasteiger partial charge in [0, 0.05) is 5.69 Å². The molecule has 0 bridgehead atoms. The van der Waals surface area contributed by atoms with Gasteiger partial charge in [0.2, 0.25) is 0 Å². The molecular weight excluding hydrogens is 410 g/mol. The van der Waals surface area contributed by atoms with E-state index < -0.39 is 47.5 Å². The van der Waals surface area contributed by atoms with E-state index in [-0.39, 0.29) is 31.2 Å². The molecule has 1 atom stereocenters. The highest BCUT2D eigenvalue weighted by atomic mass is 19.4. The van der Waals surface area contributed by atoms with Crippen molar-refractivity contribution in [2.24, 2.45) is 5.92 Å². The highest BCUT2D eigenvalue weighted by molar-refractivity contribution is 5.85. The van der Waals surface area contributed by atoms with Crippen LogP contribution in [0, 0.1) is 5.92 Å². The van der Waals surface area contributed by atoms with E-state index in [2.05, 4.69) is 5.32 Å². The zero-order chi connectivity index (χ0) is 22.4. The van der Waals surface area contributed by atoms with Crippen LogP contribution in [0.2, 0.25) is 0 Å². The molecule has 2 amide bonds. The Hall–Kier alpha value is -2.66. The molecule has 164 valence electrons. The molecule has 0 aliphatic rings. The minimum atomic E-state index is -5.28.